The van der Waals surface area contributed by atoms with E-state index in [2.05, 4.69) is 10.3 Å². The summed E-state index contributed by atoms with van der Waals surface area (Å²) in [6.45, 7) is 4.28. The number of hydrogen-bond donors (Lipinski definition) is 3. The lowest BCUT2D eigenvalue weighted by Crippen LogP contribution is -2.36. The zero-order valence-corrected chi connectivity index (χ0v) is 12.3. The number of carbonyl (C=O) groups excluding carboxylic acids is 1. The molecule has 1 aliphatic carbocycles. The molecule has 110 valence electrons. The van der Waals surface area contributed by atoms with E-state index >= 15 is 0 Å². The number of primary amides is 1. The Hall–Kier alpha value is -1.62. The second kappa shape index (κ2) is 6.22. The van der Waals surface area contributed by atoms with E-state index < -0.39 is 5.91 Å². The van der Waals surface area contributed by atoms with Crippen LogP contribution in [0.4, 0.5) is 5.69 Å². The van der Waals surface area contributed by atoms with E-state index in [9.17, 15) is 4.79 Å². The third kappa shape index (κ3) is 3.10. The summed E-state index contributed by atoms with van der Waals surface area (Å²) < 4.78 is 0. The number of aromatic nitrogens is 1. The van der Waals surface area contributed by atoms with Crippen LogP contribution < -0.4 is 16.8 Å². The van der Waals surface area contributed by atoms with Crippen LogP contribution in [0.1, 0.15) is 47.4 Å². The molecule has 1 aromatic rings. The number of hydrogen-bond acceptors (Lipinski definition) is 4. The summed E-state index contributed by atoms with van der Waals surface area (Å²) in [5.74, 6) is 0.134. The number of carbonyl (C=O) groups is 1. The van der Waals surface area contributed by atoms with Gasteiger partial charge in [-0.05, 0) is 38.7 Å². The minimum Gasteiger partial charge on any atom is -0.380 e. The maximum Gasteiger partial charge on any atom is 0.252 e. The molecule has 0 aromatic carbocycles. The molecule has 5 N–H and O–H groups in total. The molecule has 1 aliphatic rings. The van der Waals surface area contributed by atoms with Crippen molar-refractivity contribution in [2.45, 2.75) is 45.6 Å². The predicted octanol–water partition coefficient (Wildman–Crippen LogP) is 1.73. The lowest BCUT2D eigenvalue weighted by molar-refractivity contribution is 0.1000. The highest BCUT2D eigenvalue weighted by molar-refractivity contribution is 5.99. The maximum atomic E-state index is 11.7. The highest BCUT2D eigenvalue weighted by Gasteiger charge is 2.25. The first-order valence-electron chi connectivity index (χ1n) is 7.27. The number of rotatable bonds is 5. The quantitative estimate of drug-likeness (QED) is 0.763. The highest BCUT2D eigenvalue weighted by atomic mass is 16.1. The van der Waals surface area contributed by atoms with Gasteiger partial charge in [0.25, 0.3) is 5.91 Å². The second-order valence-corrected chi connectivity index (χ2v) is 5.67. The molecule has 1 atom stereocenters. The first-order valence-corrected chi connectivity index (χ1v) is 7.27. The van der Waals surface area contributed by atoms with Crippen molar-refractivity contribution in [1.82, 2.24) is 4.98 Å². The van der Waals surface area contributed by atoms with Crippen LogP contribution in [-0.4, -0.2) is 23.5 Å². The monoisotopic (exact) mass is 276 g/mol. The third-order valence-corrected chi connectivity index (χ3v) is 4.14. The van der Waals surface area contributed by atoms with E-state index in [1.165, 1.54) is 25.7 Å². The molecule has 0 spiro atoms. The molecular formula is C15H24N4O. The van der Waals surface area contributed by atoms with Crippen LogP contribution >= 0.6 is 0 Å². The summed E-state index contributed by atoms with van der Waals surface area (Å²) in [7, 11) is 0. The standard InChI is InChI=1S/C15H24N4O/c1-9-7-12(14(15(17)20)10(2)18-9)19-13(8-16)11-5-3-4-6-11/h7,11,13H,3-6,8,16H2,1-2H3,(H2,17,20)(H,18,19). The number of anilines is 1. The average Bonchev–Trinajstić information content (AvgIpc) is 2.88. The number of amides is 1. The maximum absolute atomic E-state index is 11.7. The summed E-state index contributed by atoms with van der Waals surface area (Å²) >= 11 is 0. The number of aryl methyl sites for hydroxylation is 2. The minimum atomic E-state index is -0.445. The molecule has 2 rings (SSSR count). The van der Waals surface area contributed by atoms with Gasteiger partial charge in [-0.25, -0.2) is 0 Å². The second-order valence-electron chi connectivity index (χ2n) is 5.67. The van der Waals surface area contributed by atoms with Crippen molar-refractivity contribution in [3.63, 3.8) is 0 Å². The van der Waals surface area contributed by atoms with E-state index in [4.69, 9.17) is 11.5 Å². The molecule has 1 aromatic heterocycles. The smallest absolute Gasteiger partial charge is 0.252 e. The summed E-state index contributed by atoms with van der Waals surface area (Å²) in [5, 5.41) is 3.44. The van der Waals surface area contributed by atoms with Gasteiger partial charge >= 0.3 is 0 Å². The Labute approximate surface area is 120 Å². The number of nitrogens with zero attached hydrogens (tertiary/aromatic N) is 1. The van der Waals surface area contributed by atoms with E-state index in [1.54, 1.807) is 0 Å². The topological polar surface area (TPSA) is 94.0 Å². The zero-order chi connectivity index (χ0) is 14.7. The fourth-order valence-corrected chi connectivity index (χ4v) is 3.18. The minimum absolute atomic E-state index is 0.191. The van der Waals surface area contributed by atoms with Gasteiger partial charge < -0.3 is 16.8 Å². The van der Waals surface area contributed by atoms with Gasteiger partial charge in [-0.15, -0.1) is 0 Å². The van der Waals surface area contributed by atoms with Crippen molar-refractivity contribution < 1.29 is 4.79 Å². The van der Waals surface area contributed by atoms with Crippen molar-refractivity contribution in [3.05, 3.63) is 23.0 Å². The zero-order valence-electron chi connectivity index (χ0n) is 12.3. The largest absolute Gasteiger partial charge is 0.380 e. The Kier molecular flexibility index (Phi) is 4.60. The van der Waals surface area contributed by atoms with E-state index in [0.29, 0.717) is 23.7 Å². The highest BCUT2D eigenvalue weighted by Crippen LogP contribution is 2.30. The van der Waals surface area contributed by atoms with E-state index in [0.717, 1.165) is 11.4 Å². The summed E-state index contributed by atoms with van der Waals surface area (Å²) in [6.07, 6.45) is 4.92. The van der Waals surface area contributed by atoms with Gasteiger partial charge in [-0.1, -0.05) is 12.8 Å². The Morgan fingerprint density at radius 1 is 1.45 bits per heavy atom. The number of nitrogens with one attached hydrogen (secondary N) is 1. The SMILES string of the molecule is Cc1cc(NC(CN)C2CCCC2)c(C(N)=O)c(C)n1. The van der Waals surface area contributed by atoms with Crippen LogP contribution in [0.15, 0.2) is 6.07 Å². The summed E-state index contributed by atoms with van der Waals surface area (Å²) in [4.78, 5) is 16.0. The van der Waals surface area contributed by atoms with Crippen LogP contribution in [0.3, 0.4) is 0 Å². The van der Waals surface area contributed by atoms with Gasteiger partial charge in [0.1, 0.15) is 0 Å². The molecule has 0 aliphatic heterocycles. The van der Waals surface area contributed by atoms with Crippen LogP contribution in [0, 0.1) is 19.8 Å². The fourth-order valence-electron chi connectivity index (χ4n) is 3.18. The molecule has 5 nitrogen and oxygen atoms in total. The lowest BCUT2D eigenvalue weighted by Gasteiger charge is -2.25. The van der Waals surface area contributed by atoms with Crippen molar-refractivity contribution in [2.75, 3.05) is 11.9 Å². The van der Waals surface area contributed by atoms with E-state index in [-0.39, 0.29) is 6.04 Å². The summed E-state index contributed by atoms with van der Waals surface area (Å²) in [6, 6.07) is 2.07. The summed E-state index contributed by atoms with van der Waals surface area (Å²) in [5.41, 5.74) is 14.2. The molecule has 1 unspecified atom stereocenters. The molecule has 0 saturated heterocycles. The first-order chi connectivity index (χ1) is 9.52. The number of pyridine rings is 1. The molecule has 1 saturated carbocycles. The van der Waals surface area contributed by atoms with Crippen molar-refractivity contribution in [1.29, 1.82) is 0 Å². The molecule has 1 heterocycles. The Bertz CT molecular complexity index is 495. The van der Waals surface area contributed by atoms with Gasteiger partial charge in [0.15, 0.2) is 0 Å². The molecule has 1 amide bonds. The van der Waals surface area contributed by atoms with Crippen molar-refractivity contribution in [3.8, 4) is 0 Å². The molecule has 0 radical (unpaired) electrons. The van der Waals surface area contributed by atoms with Gasteiger partial charge in [0.2, 0.25) is 0 Å². The van der Waals surface area contributed by atoms with Crippen LogP contribution in [0.2, 0.25) is 0 Å². The van der Waals surface area contributed by atoms with Crippen LogP contribution in [0.5, 0.6) is 0 Å². The molecule has 5 heteroatoms. The lowest BCUT2D eigenvalue weighted by atomic mass is 9.97. The van der Waals surface area contributed by atoms with Gasteiger partial charge in [-0.3, -0.25) is 9.78 Å². The Morgan fingerprint density at radius 2 is 2.10 bits per heavy atom. The van der Waals surface area contributed by atoms with Crippen LogP contribution in [0.25, 0.3) is 0 Å². The molecule has 1 fully saturated rings. The van der Waals surface area contributed by atoms with Crippen molar-refractivity contribution >= 4 is 11.6 Å². The first kappa shape index (κ1) is 14.8. The molecule has 20 heavy (non-hydrogen) atoms. The average molecular weight is 276 g/mol. The Balaban J connectivity index is 2.28. The van der Waals surface area contributed by atoms with Crippen molar-refractivity contribution in [2.24, 2.45) is 17.4 Å². The third-order valence-electron chi connectivity index (χ3n) is 4.14. The predicted molar refractivity (Wildman–Crippen MR) is 80.7 cm³/mol. The fraction of sp³-hybridized carbons (Fsp3) is 0.600. The molecule has 0 bridgehead atoms. The van der Waals surface area contributed by atoms with Gasteiger partial charge in [0.05, 0.1) is 16.9 Å². The molecular weight excluding hydrogens is 252 g/mol. The van der Waals surface area contributed by atoms with Gasteiger partial charge in [-0.2, -0.15) is 0 Å². The Morgan fingerprint density at radius 3 is 2.65 bits per heavy atom. The van der Waals surface area contributed by atoms with E-state index in [1.807, 2.05) is 19.9 Å². The van der Waals surface area contributed by atoms with Crippen LogP contribution in [-0.2, 0) is 0 Å². The number of nitrogens with two attached hydrogens (primary N) is 2. The van der Waals surface area contributed by atoms with Gasteiger partial charge in [0, 0.05) is 18.3 Å². The normalized spacial score (nSPS) is 17.1.